The molecule has 0 amide bonds. The fraction of sp³-hybridized carbons (Fsp3) is 0.250. The van der Waals surface area contributed by atoms with Crippen molar-refractivity contribution < 1.29 is 13.2 Å². The Morgan fingerprint density at radius 3 is 2.67 bits per heavy atom. The third kappa shape index (κ3) is 2.96. The Hall–Kier alpha value is -2.17. The lowest BCUT2D eigenvalue weighted by molar-refractivity contribution is -0.136. The molecule has 0 fully saturated rings. The van der Waals surface area contributed by atoms with Gasteiger partial charge in [0.1, 0.15) is 0 Å². The molecule has 0 spiro atoms. The molecule has 1 heterocycles. The van der Waals surface area contributed by atoms with E-state index in [0.717, 1.165) is 36.7 Å². The summed E-state index contributed by atoms with van der Waals surface area (Å²) in [5.41, 5.74) is 2.30. The van der Waals surface area contributed by atoms with E-state index in [1.54, 1.807) is 12.1 Å². The highest BCUT2D eigenvalue weighted by molar-refractivity contribution is 5.68. The number of hydrogen-bond acceptors (Lipinski definition) is 2. The molecule has 3 rings (SSSR count). The van der Waals surface area contributed by atoms with Gasteiger partial charge in [-0.25, -0.2) is 0 Å². The SMILES string of the molecule is FC(F)(F)c1ccccc1Nc1ccc2c(c1)CCCN2. The van der Waals surface area contributed by atoms with E-state index in [-0.39, 0.29) is 5.69 Å². The van der Waals surface area contributed by atoms with Crippen LogP contribution in [0, 0.1) is 0 Å². The van der Waals surface area contributed by atoms with E-state index in [2.05, 4.69) is 10.6 Å². The highest BCUT2D eigenvalue weighted by Gasteiger charge is 2.33. The molecule has 2 aromatic carbocycles. The first-order valence-electron chi connectivity index (χ1n) is 6.84. The topological polar surface area (TPSA) is 24.1 Å². The second-order valence-corrected chi connectivity index (χ2v) is 5.07. The predicted molar refractivity (Wildman–Crippen MR) is 78.0 cm³/mol. The lowest BCUT2D eigenvalue weighted by Crippen LogP contribution is -2.12. The number of alkyl halides is 3. The summed E-state index contributed by atoms with van der Waals surface area (Å²) in [4.78, 5) is 0. The second kappa shape index (κ2) is 5.31. The summed E-state index contributed by atoms with van der Waals surface area (Å²) in [5, 5.41) is 6.16. The quantitative estimate of drug-likeness (QED) is 0.830. The van der Waals surface area contributed by atoms with Gasteiger partial charge >= 0.3 is 6.18 Å². The van der Waals surface area contributed by atoms with Crippen molar-refractivity contribution in [3.05, 3.63) is 53.6 Å². The minimum absolute atomic E-state index is 0.0775. The zero-order valence-corrected chi connectivity index (χ0v) is 11.3. The summed E-state index contributed by atoms with van der Waals surface area (Å²) >= 11 is 0. The van der Waals surface area contributed by atoms with Crippen molar-refractivity contribution in [1.29, 1.82) is 0 Å². The summed E-state index contributed by atoms with van der Waals surface area (Å²) in [6.07, 6.45) is -2.38. The van der Waals surface area contributed by atoms with Crippen molar-refractivity contribution in [3.8, 4) is 0 Å². The zero-order chi connectivity index (χ0) is 14.9. The summed E-state index contributed by atoms with van der Waals surface area (Å²) in [6.45, 7) is 0.941. The van der Waals surface area contributed by atoms with E-state index in [0.29, 0.717) is 5.69 Å². The predicted octanol–water partition coefficient (Wildman–Crippen LogP) is 4.81. The Morgan fingerprint density at radius 1 is 1.05 bits per heavy atom. The third-order valence-corrected chi connectivity index (χ3v) is 3.56. The number of benzene rings is 2. The number of halogens is 3. The molecule has 110 valence electrons. The first-order valence-corrected chi connectivity index (χ1v) is 6.84. The van der Waals surface area contributed by atoms with Gasteiger partial charge in [-0.2, -0.15) is 13.2 Å². The Labute approximate surface area is 121 Å². The summed E-state index contributed by atoms with van der Waals surface area (Å²) in [6, 6.07) is 11.1. The second-order valence-electron chi connectivity index (χ2n) is 5.07. The van der Waals surface area contributed by atoms with Gasteiger partial charge in [-0.15, -0.1) is 0 Å². The van der Waals surface area contributed by atoms with E-state index in [1.807, 2.05) is 12.1 Å². The van der Waals surface area contributed by atoms with E-state index in [4.69, 9.17) is 0 Å². The van der Waals surface area contributed by atoms with Crippen LogP contribution < -0.4 is 10.6 Å². The molecule has 1 aliphatic rings. The molecule has 0 unspecified atom stereocenters. The molecule has 2 aromatic rings. The molecular weight excluding hydrogens is 277 g/mol. The molecule has 0 saturated carbocycles. The maximum Gasteiger partial charge on any atom is 0.418 e. The standard InChI is InChI=1S/C16H15F3N2/c17-16(18,19)13-5-1-2-6-15(13)21-12-7-8-14-11(10-12)4-3-9-20-14/h1-2,5-8,10,20-21H,3-4,9H2. The van der Waals surface area contributed by atoms with Gasteiger partial charge in [0.25, 0.3) is 0 Å². The van der Waals surface area contributed by atoms with Gasteiger partial charge in [0.05, 0.1) is 11.3 Å². The summed E-state index contributed by atoms with van der Waals surface area (Å²) in [7, 11) is 0. The fourth-order valence-corrected chi connectivity index (χ4v) is 2.55. The Kier molecular flexibility index (Phi) is 3.49. The van der Waals surface area contributed by atoms with Crippen molar-refractivity contribution in [2.75, 3.05) is 17.2 Å². The third-order valence-electron chi connectivity index (χ3n) is 3.56. The molecule has 5 heteroatoms. The van der Waals surface area contributed by atoms with Gasteiger partial charge in [-0.1, -0.05) is 12.1 Å². The Bertz CT molecular complexity index is 650. The minimum atomic E-state index is -4.36. The first kappa shape index (κ1) is 13.8. The van der Waals surface area contributed by atoms with Crippen molar-refractivity contribution >= 4 is 17.1 Å². The van der Waals surface area contributed by atoms with E-state index in [1.165, 1.54) is 12.1 Å². The molecule has 0 saturated heterocycles. The lowest BCUT2D eigenvalue weighted by atomic mass is 10.0. The number of hydrogen-bond donors (Lipinski definition) is 2. The number of rotatable bonds is 2. The van der Waals surface area contributed by atoms with Gasteiger partial charge < -0.3 is 10.6 Å². The highest BCUT2D eigenvalue weighted by atomic mass is 19.4. The average molecular weight is 292 g/mol. The molecule has 0 radical (unpaired) electrons. The van der Waals surface area contributed by atoms with Crippen LogP contribution in [0.5, 0.6) is 0 Å². The van der Waals surface area contributed by atoms with E-state index >= 15 is 0 Å². The molecular formula is C16H15F3N2. The smallest absolute Gasteiger partial charge is 0.385 e. The molecule has 0 bridgehead atoms. The first-order chi connectivity index (χ1) is 10.0. The van der Waals surface area contributed by atoms with Crippen LogP contribution in [0.4, 0.5) is 30.2 Å². The highest BCUT2D eigenvalue weighted by Crippen LogP contribution is 2.36. The number of nitrogens with one attached hydrogen (secondary N) is 2. The Morgan fingerprint density at radius 2 is 1.86 bits per heavy atom. The van der Waals surface area contributed by atoms with Crippen molar-refractivity contribution in [2.24, 2.45) is 0 Å². The van der Waals surface area contributed by atoms with Crippen LogP contribution in [0.25, 0.3) is 0 Å². The van der Waals surface area contributed by atoms with Crippen molar-refractivity contribution in [2.45, 2.75) is 19.0 Å². The number of para-hydroxylation sites is 1. The van der Waals surface area contributed by atoms with Gasteiger partial charge in [-0.05, 0) is 48.7 Å². The monoisotopic (exact) mass is 292 g/mol. The molecule has 2 N–H and O–H groups in total. The Balaban J connectivity index is 1.91. The minimum Gasteiger partial charge on any atom is -0.385 e. The van der Waals surface area contributed by atoms with Crippen LogP contribution in [-0.2, 0) is 12.6 Å². The fourth-order valence-electron chi connectivity index (χ4n) is 2.55. The molecule has 0 aliphatic carbocycles. The van der Waals surface area contributed by atoms with E-state index < -0.39 is 11.7 Å². The number of fused-ring (bicyclic) bond motifs is 1. The van der Waals surface area contributed by atoms with E-state index in [9.17, 15) is 13.2 Å². The normalized spacial score (nSPS) is 14.2. The van der Waals surface area contributed by atoms with Crippen LogP contribution in [0.2, 0.25) is 0 Å². The van der Waals surface area contributed by atoms with Gasteiger partial charge in [0.2, 0.25) is 0 Å². The van der Waals surface area contributed by atoms with Gasteiger partial charge in [-0.3, -0.25) is 0 Å². The molecule has 0 atom stereocenters. The zero-order valence-electron chi connectivity index (χ0n) is 11.3. The number of aryl methyl sites for hydroxylation is 1. The van der Waals surface area contributed by atoms with Gasteiger partial charge in [0.15, 0.2) is 0 Å². The van der Waals surface area contributed by atoms with Crippen LogP contribution >= 0.6 is 0 Å². The number of anilines is 3. The van der Waals surface area contributed by atoms with Crippen molar-refractivity contribution in [1.82, 2.24) is 0 Å². The lowest BCUT2D eigenvalue weighted by Gasteiger charge is -2.20. The average Bonchev–Trinajstić information content (AvgIpc) is 2.46. The van der Waals surface area contributed by atoms with Crippen LogP contribution in [0.3, 0.4) is 0 Å². The maximum atomic E-state index is 13.0. The molecule has 0 aromatic heterocycles. The van der Waals surface area contributed by atoms with Crippen LogP contribution in [0.15, 0.2) is 42.5 Å². The molecule has 2 nitrogen and oxygen atoms in total. The maximum absolute atomic E-state index is 13.0. The summed E-state index contributed by atoms with van der Waals surface area (Å²) < 4.78 is 38.9. The molecule has 21 heavy (non-hydrogen) atoms. The van der Waals surface area contributed by atoms with Crippen LogP contribution in [0.1, 0.15) is 17.5 Å². The van der Waals surface area contributed by atoms with Crippen molar-refractivity contribution in [3.63, 3.8) is 0 Å². The van der Waals surface area contributed by atoms with Crippen LogP contribution in [-0.4, -0.2) is 6.54 Å². The molecule has 1 aliphatic heterocycles. The summed E-state index contributed by atoms with van der Waals surface area (Å²) in [5.74, 6) is 0. The largest absolute Gasteiger partial charge is 0.418 e. The van der Waals surface area contributed by atoms with Gasteiger partial charge in [0, 0.05) is 17.9 Å².